The van der Waals surface area contributed by atoms with Crippen molar-refractivity contribution in [3.8, 4) is 0 Å². The molecule has 1 rings (SSSR count). The molecule has 3 nitrogen and oxygen atoms in total. The van der Waals surface area contributed by atoms with Crippen molar-refractivity contribution in [2.24, 2.45) is 5.92 Å². The smallest absolute Gasteiger partial charge is 0.149 e. The first kappa shape index (κ1) is 12.7. The summed E-state index contributed by atoms with van der Waals surface area (Å²) in [5.41, 5.74) is 0. The van der Waals surface area contributed by atoms with Gasteiger partial charge in [-0.05, 0) is 20.9 Å². The summed E-state index contributed by atoms with van der Waals surface area (Å²) in [6.07, 6.45) is 0. The zero-order valence-electron chi connectivity index (χ0n) is 10.7. The van der Waals surface area contributed by atoms with Crippen molar-refractivity contribution >= 4 is 5.78 Å². The molecule has 88 valence electrons. The second kappa shape index (κ2) is 5.08. The molecule has 3 heteroatoms. The van der Waals surface area contributed by atoms with Gasteiger partial charge in [-0.15, -0.1) is 0 Å². The molecule has 2 unspecified atom stereocenters. The number of likely N-dealkylation sites (N-methyl/N-ethyl adjacent to an activating group) is 1. The molecule has 1 heterocycles. The van der Waals surface area contributed by atoms with Crippen LogP contribution in [0.5, 0.6) is 0 Å². The first-order valence-corrected chi connectivity index (χ1v) is 5.88. The Bertz CT molecular complexity index is 216. The van der Waals surface area contributed by atoms with Gasteiger partial charge in [0.15, 0.2) is 0 Å². The van der Waals surface area contributed by atoms with Crippen LogP contribution in [0.1, 0.15) is 27.7 Å². The summed E-state index contributed by atoms with van der Waals surface area (Å²) in [5.74, 6) is 0.522. The van der Waals surface area contributed by atoms with E-state index in [1.54, 1.807) is 0 Å². The lowest BCUT2D eigenvalue weighted by Crippen LogP contribution is -2.56. The predicted octanol–water partition coefficient (Wildman–Crippen LogP) is 1.24. The van der Waals surface area contributed by atoms with Crippen molar-refractivity contribution in [1.82, 2.24) is 9.80 Å². The van der Waals surface area contributed by atoms with Crippen LogP contribution in [0.4, 0.5) is 0 Å². The molecule has 0 saturated carbocycles. The summed E-state index contributed by atoms with van der Waals surface area (Å²) >= 11 is 0. The van der Waals surface area contributed by atoms with Crippen LogP contribution in [0, 0.1) is 5.92 Å². The molecule has 0 aromatic heterocycles. The van der Waals surface area contributed by atoms with Crippen LogP contribution >= 0.6 is 0 Å². The van der Waals surface area contributed by atoms with Crippen LogP contribution in [0.3, 0.4) is 0 Å². The summed E-state index contributed by atoms with van der Waals surface area (Å²) < 4.78 is 0. The van der Waals surface area contributed by atoms with Gasteiger partial charge in [-0.25, -0.2) is 0 Å². The number of ketones is 1. The first-order chi connectivity index (χ1) is 6.91. The number of Topliss-reactive ketones (excluding diaryl/α,β-unsaturated/α-hetero) is 1. The second-order valence-corrected chi connectivity index (χ2v) is 5.18. The van der Waals surface area contributed by atoms with Crippen LogP contribution in [-0.2, 0) is 4.79 Å². The Balaban J connectivity index is 2.48. The van der Waals surface area contributed by atoms with Crippen molar-refractivity contribution in [3.05, 3.63) is 0 Å². The molecule has 0 aliphatic carbocycles. The zero-order valence-corrected chi connectivity index (χ0v) is 10.7. The lowest BCUT2D eigenvalue weighted by Gasteiger charge is -2.42. The average Bonchev–Trinajstić information content (AvgIpc) is 2.13. The molecule has 0 aromatic carbocycles. The fraction of sp³-hybridized carbons (Fsp3) is 0.917. The maximum absolute atomic E-state index is 11.7. The molecule has 0 N–H and O–H groups in total. The summed E-state index contributed by atoms with van der Waals surface area (Å²) in [7, 11) is 2.16. The van der Waals surface area contributed by atoms with E-state index < -0.39 is 0 Å². The van der Waals surface area contributed by atoms with Gasteiger partial charge in [-0.3, -0.25) is 14.6 Å². The van der Waals surface area contributed by atoms with Crippen molar-refractivity contribution in [3.63, 3.8) is 0 Å². The summed E-state index contributed by atoms with van der Waals surface area (Å²) in [6.45, 7) is 11.1. The number of carbonyl (C=O) groups is 1. The third kappa shape index (κ3) is 3.28. The Morgan fingerprint density at radius 3 is 2.13 bits per heavy atom. The number of nitrogens with zero attached hydrogens (tertiary/aromatic N) is 2. The van der Waals surface area contributed by atoms with E-state index in [0.29, 0.717) is 24.4 Å². The van der Waals surface area contributed by atoms with E-state index in [0.717, 1.165) is 13.1 Å². The Morgan fingerprint density at radius 1 is 1.27 bits per heavy atom. The molecular formula is C12H24N2O. The van der Waals surface area contributed by atoms with Gasteiger partial charge in [0.05, 0.1) is 6.54 Å². The quantitative estimate of drug-likeness (QED) is 0.703. The molecule has 15 heavy (non-hydrogen) atoms. The SMILES string of the molecule is CC(C)C(=O)CN1CC(C)N(C)C(C)C1. The van der Waals surface area contributed by atoms with E-state index in [-0.39, 0.29) is 5.92 Å². The standard InChI is InChI=1S/C12H24N2O/c1-9(2)12(15)8-14-6-10(3)13(5)11(4)7-14/h9-11H,6-8H2,1-5H3. The van der Waals surface area contributed by atoms with Gasteiger partial charge in [-0.1, -0.05) is 13.8 Å². The van der Waals surface area contributed by atoms with Crippen molar-refractivity contribution in [2.45, 2.75) is 39.8 Å². The van der Waals surface area contributed by atoms with E-state index in [4.69, 9.17) is 0 Å². The van der Waals surface area contributed by atoms with Gasteiger partial charge in [0, 0.05) is 31.1 Å². The highest BCUT2D eigenvalue weighted by atomic mass is 16.1. The summed E-state index contributed by atoms with van der Waals surface area (Å²) in [6, 6.07) is 1.10. The first-order valence-electron chi connectivity index (χ1n) is 5.88. The monoisotopic (exact) mass is 212 g/mol. The molecule has 0 bridgehead atoms. The van der Waals surface area contributed by atoms with Gasteiger partial charge in [0.2, 0.25) is 0 Å². The predicted molar refractivity (Wildman–Crippen MR) is 63.0 cm³/mol. The van der Waals surface area contributed by atoms with Crippen molar-refractivity contribution < 1.29 is 4.79 Å². The van der Waals surface area contributed by atoms with Crippen LogP contribution < -0.4 is 0 Å². The third-order valence-electron chi connectivity index (χ3n) is 3.46. The van der Waals surface area contributed by atoms with Gasteiger partial charge in [0.25, 0.3) is 0 Å². The average molecular weight is 212 g/mol. The van der Waals surface area contributed by atoms with E-state index >= 15 is 0 Å². The minimum atomic E-state index is 0.162. The Hall–Kier alpha value is -0.410. The molecule has 1 fully saturated rings. The van der Waals surface area contributed by atoms with Gasteiger partial charge in [-0.2, -0.15) is 0 Å². The fourth-order valence-corrected chi connectivity index (χ4v) is 2.05. The highest BCUT2D eigenvalue weighted by Gasteiger charge is 2.27. The maximum atomic E-state index is 11.7. The lowest BCUT2D eigenvalue weighted by atomic mass is 10.1. The largest absolute Gasteiger partial charge is 0.298 e. The normalized spacial score (nSPS) is 29.7. The Kier molecular flexibility index (Phi) is 4.29. The van der Waals surface area contributed by atoms with Gasteiger partial charge in [0.1, 0.15) is 5.78 Å². The highest BCUT2D eigenvalue weighted by molar-refractivity contribution is 5.82. The Morgan fingerprint density at radius 2 is 1.73 bits per heavy atom. The number of rotatable bonds is 3. The van der Waals surface area contributed by atoms with Crippen LogP contribution in [0.2, 0.25) is 0 Å². The van der Waals surface area contributed by atoms with Crippen molar-refractivity contribution in [2.75, 3.05) is 26.7 Å². The van der Waals surface area contributed by atoms with E-state index in [9.17, 15) is 4.79 Å². The number of piperazine rings is 1. The van der Waals surface area contributed by atoms with Crippen LogP contribution in [-0.4, -0.2) is 54.3 Å². The minimum absolute atomic E-state index is 0.162. The zero-order chi connectivity index (χ0) is 11.6. The van der Waals surface area contributed by atoms with E-state index in [1.165, 1.54) is 0 Å². The molecule has 1 aliphatic heterocycles. The topological polar surface area (TPSA) is 23.6 Å². The molecule has 0 aromatic rings. The molecular weight excluding hydrogens is 188 g/mol. The van der Waals surface area contributed by atoms with Crippen LogP contribution in [0.15, 0.2) is 0 Å². The number of hydrogen-bond acceptors (Lipinski definition) is 3. The van der Waals surface area contributed by atoms with Crippen molar-refractivity contribution in [1.29, 1.82) is 0 Å². The molecule has 1 saturated heterocycles. The van der Waals surface area contributed by atoms with Gasteiger partial charge < -0.3 is 0 Å². The molecule has 0 spiro atoms. The molecule has 0 amide bonds. The number of carbonyl (C=O) groups excluding carboxylic acids is 1. The molecule has 2 atom stereocenters. The van der Waals surface area contributed by atoms with Gasteiger partial charge >= 0.3 is 0 Å². The maximum Gasteiger partial charge on any atom is 0.149 e. The van der Waals surface area contributed by atoms with E-state index in [1.807, 2.05) is 13.8 Å². The van der Waals surface area contributed by atoms with Crippen LogP contribution in [0.25, 0.3) is 0 Å². The third-order valence-corrected chi connectivity index (χ3v) is 3.46. The highest BCUT2D eigenvalue weighted by Crippen LogP contribution is 2.13. The number of hydrogen-bond donors (Lipinski definition) is 0. The second-order valence-electron chi connectivity index (χ2n) is 5.18. The molecule has 0 radical (unpaired) electrons. The summed E-state index contributed by atoms with van der Waals surface area (Å²) in [4.78, 5) is 16.3. The molecule has 1 aliphatic rings. The minimum Gasteiger partial charge on any atom is -0.298 e. The lowest BCUT2D eigenvalue weighted by molar-refractivity contribution is -0.124. The fourth-order valence-electron chi connectivity index (χ4n) is 2.05. The Labute approximate surface area is 93.4 Å². The van der Waals surface area contributed by atoms with E-state index in [2.05, 4.69) is 30.7 Å². The summed E-state index contributed by atoms with van der Waals surface area (Å²) in [5, 5.41) is 0.